The Bertz CT molecular complexity index is 2500. The van der Waals surface area contributed by atoms with Gasteiger partial charge in [-0.3, -0.25) is 19.2 Å². The monoisotopic (exact) mass is 1110 g/mol. The molecule has 2 aliphatic heterocycles. The summed E-state index contributed by atoms with van der Waals surface area (Å²) in [4.78, 5) is 72.7. The van der Waals surface area contributed by atoms with Gasteiger partial charge in [0.05, 0.1) is 44.5 Å². The molecule has 4 heterocycles. The van der Waals surface area contributed by atoms with Gasteiger partial charge in [0.1, 0.15) is 22.9 Å². The van der Waals surface area contributed by atoms with Crippen LogP contribution in [0.25, 0.3) is 10.4 Å². The predicted molar refractivity (Wildman–Crippen MR) is 304 cm³/mol. The van der Waals surface area contributed by atoms with Crippen molar-refractivity contribution < 1.29 is 24.3 Å². The molecular weight excluding hydrogens is 1030 g/mol. The number of nitrogen functional groups attached to an aromatic ring is 1. The highest BCUT2D eigenvalue weighted by Crippen LogP contribution is 2.40. The first-order valence-corrected chi connectivity index (χ1v) is 29.4. The molecule has 4 aromatic rings. The highest BCUT2D eigenvalue weighted by atomic mass is 35.5. The van der Waals surface area contributed by atoms with Gasteiger partial charge in [0.15, 0.2) is 5.82 Å². The molecule has 8 N–H and O–H groups in total. The molecule has 0 unspecified atom stereocenters. The molecule has 4 atom stereocenters. The lowest BCUT2D eigenvalue weighted by Crippen LogP contribution is -2.57. The number of rotatable bonds is 27. The largest absolute Gasteiger partial charge is 0.391 e. The summed E-state index contributed by atoms with van der Waals surface area (Å²) in [6.07, 6.45) is 15.8. The lowest BCUT2D eigenvalue weighted by atomic mass is 9.74. The normalized spacial score (nSPS) is 17.4. The predicted octanol–water partition coefficient (Wildman–Crippen LogP) is 10.4. The molecule has 4 amide bonds. The number of unbranched alkanes of at least 4 members (excludes halogenated alkanes) is 9. The highest BCUT2D eigenvalue weighted by Gasteiger charge is 2.45. The third-order valence-electron chi connectivity index (χ3n) is 14.8. The summed E-state index contributed by atoms with van der Waals surface area (Å²) in [5, 5.41) is 21.3. The van der Waals surface area contributed by atoms with Gasteiger partial charge in [-0.1, -0.05) is 137 Å². The van der Waals surface area contributed by atoms with Crippen LogP contribution in [0, 0.1) is 17.8 Å². The maximum Gasteiger partial charge on any atom is 0.246 e. The number of nitrogens with two attached hydrogens (primary N) is 2. The fourth-order valence-corrected chi connectivity index (χ4v) is 12.1. The number of hydrogen-bond acceptors (Lipinski definition) is 13. The number of halogens is 2. The molecule has 0 saturated carbocycles. The van der Waals surface area contributed by atoms with Crippen LogP contribution < -0.4 is 32.3 Å². The fraction of sp³-hybridized carbons (Fsp3) is 0.589. The van der Waals surface area contributed by atoms with E-state index in [2.05, 4.69) is 35.8 Å². The van der Waals surface area contributed by atoms with Gasteiger partial charge in [0.25, 0.3) is 0 Å². The summed E-state index contributed by atoms with van der Waals surface area (Å²) in [7, 11) is 0. The van der Waals surface area contributed by atoms with Crippen molar-refractivity contribution in [2.24, 2.45) is 16.6 Å². The molecular formula is C56H80Cl2N10O5S2. The maximum absolute atomic E-state index is 14.1. The van der Waals surface area contributed by atoms with Gasteiger partial charge < -0.3 is 42.3 Å². The van der Waals surface area contributed by atoms with E-state index in [0.717, 1.165) is 135 Å². The average molecular weight is 1110 g/mol. The number of aromatic nitrogens is 3. The molecule has 2 aromatic heterocycles. The summed E-state index contributed by atoms with van der Waals surface area (Å²) in [5.74, 6) is 0.348. The lowest BCUT2D eigenvalue weighted by Gasteiger charge is -2.42. The fourth-order valence-electron chi connectivity index (χ4n) is 10.0. The summed E-state index contributed by atoms with van der Waals surface area (Å²) in [6.45, 7) is 12.6. The van der Waals surface area contributed by atoms with Crippen molar-refractivity contribution >= 4 is 81.6 Å². The van der Waals surface area contributed by atoms with Gasteiger partial charge in [-0.2, -0.15) is 0 Å². The lowest BCUT2D eigenvalue weighted by molar-refractivity contribution is -0.144. The van der Waals surface area contributed by atoms with Crippen molar-refractivity contribution in [1.29, 1.82) is 0 Å². The Hall–Kier alpha value is -4.52. The van der Waals surface area contributed by atoms with E-state index in [1.54, 1.807) is 23.6 Å². The van der Waals surface area contributed by atoms with Gasteiger partial charge in [-0.25, -0.2) is 15.0 Å². The number of nitrogens with zero attached hydrogens (tertiary/aromatic N) is 5. The molecule has 0 radical (unpaired) electrons. The van der Waals surface area contributed by atoms with Crippen molar-refractivity contribution in [2.75, 3.05) is 43.4 Å². The number of aliphatic hydroxyl groups excluding tert-OH is 1. The van der Waals surface area contributed by atoms with E-state index in [9.17, 15) is 24.3 Å². The standard InChI is InChI=1S/C56H80Cl2N10O5S2/c1-37(39-22-24-40(25-23-39)49-38(2)63-36-74-49)64-52(72)43-32-41(69)34-68(43)54(73)50(55(3,4)5)66-47(71)21-13-10-8-6-7-9-11-16-29-61-46(70)20-14-12-15-26-56(35-59)27-30-67(31-28-56)45-33-62-53(51(60)65-45)75-44-19-17-18-42(57)48(44)58/h17-19,22-25,33,36-37,41,43,50,69H,6-16,20-21,26-32,34-35,59H2,1-5H3,(H2,60,65)(H,61,70)(H,64,72)(H,66,71)/t37-,41+,43-,50+/m0/s1. The van der Waals surface area contributed by atoms with E-state index < -0.39 is 23.6 Å². The number of nitrogens with one attached hydrogen (secondary N) is 3. The van der Waals surface area contributed by atoms with Crippen LogP contribution in [0.1, 0.15) is 154 Å². The molecule has 2 fully saturated rings. The van der Waals surface area contributed by atoms with Crippen LogP contribution >= 0.6 is 46.3 Å². The van der Waals surface area contributed by atoms with Crippen LogP contribution in [0.15, 0.2) is 64.1 Å². The van der Waals surface area contributed by atoms with Crippen LogP contribution in [0.2, 0.25) is 10.0 Å². The summed E-state index contributed by atoms with van der Waals surface area (Å²) < 4.78 is 0. The van der Waals surface area contributed by atoms with E-state index in [1.807, 2.05) is 76.5 Å². The van der Waals surface area contributed by atoms with Crippen LogP contribution in [0.5, 0.6) is 0 Å². The first kappa shape index (κ1) is 59.7. The second-order valence-corrected chi connectivity index (χ2v) is 24.3. The molecule has 75 heavy (non-hydrogen) atoms. The molecule has 410 valence electrons. The molecule has 2 aromatic carbocycles. The van der Waals surface area contributed by atoms with Gasteiger partial charge in [-0.05, 0) is 93.0 Å². The number of amides is 4. The van der Waals surface area contributed by atoms with E-state index in [0.29, 0.717) is 46.8 Å². The minimum Gasteiger partial charge on any atom is -0.391 e. The van der Waals surface area contributed by atoms with Gasteiger partial charge in [0.2, 0.25) is 23.6 Å². The van der Waals surface area contributed by atoms with Crippen molar-refractivity contribution in [2.45, 2.75) is 178 Å². The van der Waals surface area contributed by atoms with Gasteiger partial charge in [-0.15, -0.1) is 11.3 Å². The molecule has 19 heteroatoms. The summed E-state index contributed by atoms with van der Waals surface area (Å²) in [5.41, 5.74) is 16.9. The number of piperidine rings is 1. The number of aliphatic hydroxyl groups is 1. The number of aryl methyl sites for hydroxylation is 1. The molecule has 0 aliphatic carbocycles. The number of likely N-dealkylation sites (tertiary alicyclic amines) is 1. The third kappa shape index (κ3) is 17.5. The third-order valence-corrected chi connectivity index (χ3v) is 17.8. The molecule has 15 nitrogen and oxygen atoms in total. The Labute approximate surface area is 462 Å². The first-order chi connectivity index (χ1) is 35.9. The second-order valence-electron chi connectivity index (χ2n) is 21.6. The molecule has 0 bridgehead atoms. The first-order valence-electron chi connectivity index (χ1n) is 26.9. The van der Waals surface area contributed by atoms with Crippen LogP contribution in [-0.4, -0.2) is 99.5 Å². The number of β-amino-alcohol motifs (C(OH)–C–C–N with tert-alkyl or cyclic N) is 1. The van der Waals surface area contributed by atoms with E-state index in [1.165, 1.54) is 16.7 Å². The number of hydrogen-bond donors (Lipinski definition) is 6. The minimum atomic E-state index is -0.853. The molecule has 6 rings (SSSR count). The molecule has 2 saturated heterocycles. The SMILES string of the molecule is Cc1ncsc1-c1ccc([C@H](C)NC(=O)[C@@H]2C[C@@H](O)CN2C(=O)[C@@H](NC(=O)CCCCCCCCCCNC(=O)CCCCCC2(CN)CCN(c3cnc(Sc4cccc(Cl)c4Cl)c(N)n3)CC2)C(C)(C)C)cc1. The highest BCUT2D eigenvalue weighted by molar-refractivity contribution is 7.99. The van der Waals surface area contributed by atoms with Gasteiger partial charge in [0, 0.05) is 50.3 Å². The maximum atomic E-state index is 14.1. The number of carbonyl (C=O) groups is 4. The van der Waals surface area contributed by atoms with Crippen molar-refractivity contribution in [3.63, 3.8) is 0 Å². The molecule has 2 aliphatic rings. The van der Waals surface area contributed by atoms with Crippen molar-refractivity contribution in [3.05, 3.63) is 75.5 Å². The van der Waals surface area contributed by atoms with E-state index in [-0.39, 0.29) is 48.1 Å². The van der Waals surface area contributed by atoms with Crippen LogP contribution in [-0.2, 0) is 19.2 Å². The van der Waals surface area contributed by atoms with Crippen LogP contribution in [0.3, 0.4) is 0 Å². The van der Waals surface area contributed by atoms with Crippen LogP contribution in [0.4, 0.5) is 11.6 Å². The quantitative estimate of drug-likeness (QED) is 0.0307. The van der Waals surface area contributed by atoms with Gasteiger partial charge >= 0.3 is 0 Å². The average Bonchev–Trinajstić information content (AvgIpc) is 4.01. The summed E-state index contributed by atoms with van der Waals surface area (Å²) in [6, 6.07) is 11.4. The van der Waals surface area contributed by atoms with Crippen molar-refractivity contribution in [1.82, 2.24) is 35.8 Å². The Balaban J connectivity index is 0.782. The van der Waals surface area contributed by atoms with Crippen molar-refractivity contribution in [3.8, 4) is 10.4 Å². The van der Waals surface area contributed by atoms with E-state index >= 15 is 0 Å². The zero-order valence-electron chi connectivity index (χ0n) is 44.6. The number of thiazole rings is 1. The zero-order valence-corrected chi connectivity index (χ0v) is 47.8. The summed E-state index contributed by atoms with van der Waals surface area (Å²) >= 11 is 15.5. The Morgan fingerprint density at radius 3 is 2.19 bits per heavy atom. The topological polar surface area (TPSA) is 222 Å². The number of anilines is 2. The Morgan fingerprint density at radius 2 is 1.55 bits per heavy atom. The Morgan fingerprint density at radius 1 is 0.893 bits per heavy atom. The van der Waals surface area contributed by atoms with E-state index in [4.69, 9.17) is 34.7 Å². The zero-order chi connectivity index (χ0) is 54.1. The number of benzene rings is 2. The molecule has 0 spiro atoms. The second kappa shape index (κ2) is 28.7. The number of carbonyl (C=O) groups excluding carboxylic acids is 4. The minimum absolute atomic E-state index is 0.0296. The Kier molecular flexibility index (Phi) is 22.9. The smallest absolute Gasteiger partial charge is 0.246 e.